The van der Waals surface area contributed by atoms with Crippen molar-refractivity contribution in [2.24, 2.45) is 0 Å². The van der Waals surface area contributed by atoms with E-state index in [1.54, 1.807) is 48.5 Å². The fraction of sp³-hybridized carbons (Fsp3) is 0.0667. The van der Waals surface area contributed by atoms with Crippen molar-refractivity contribution in [2.75, 3.05) is 0 Å². The fourth-order valence-corrected chi connectivity index (χ4v) is 1.97. The highest BCUT2D eigenvalue weighted by atomic mass is 16.5. The number of benzene rings is 2. The molecule has 0 aliphatic rings. The van der Waals surface area contributed by atoms with Crippen LogP contribution in [0.25, 0.3) is 11.0 Å². The first-order valence-corrected chi connectivity index (χ1v) is 5.93. The summed E-state index contributed by atoms with van der Waals surface area (Å²) in [6, 6.07) is 15.8. The van der Waals surface area contributed by atoms with Gasteiger partial charge in [-0.3, -0.25) is 9.59 Å². The first-order chi connectivity index (χ1) is 9.25. The van der Waals surface area contributed by atoms with Crippen LogP contribution >= 0.6 is 0 Å². The normalized spacial score (nSPS) is 10.7. The Kier molecular flexibility index (Phi) is 2.76. The zero-order valence-electron chi connectivity index (χ0n) is 10.1. The van der Waals surface area contributed by atoms with Crippen molar-refractivity contribution in [1.29, 1.82) is 0 Å². The molecule has 0 radical (unpaired) electrons. The Morgan fingerprint density at radius 3 is 2.42 bits per heavy atom. The number of Topliss-reactive ketones (excluding diaryl/α,β-unsaturated/α-hetero) is 1. The molecule has 3 aromatic rings. The van der Waals surface area contributed by atoms with Gasteiger partial charge in [0.25, 0.3) is 5.56 Å². The topological polar surface area (TPSA) is 52.2 Å². The molecule has 0 unspecified atom stereocenters. The second-order valence-electron chi connectivity index (χ2n) is 4.22. The standard InChI is InChI=1S/C15H11NO3/c17-13(11-6-2-1-3-7-11)10-16-15(18)12-8-4-5-9-14(12)19-16/h1-9H,10H2. The molecule has 0 N–H and O–H groups in total. The van der Waals surface area contributed by atoms with Gasteiger partial charge in [0.2, 0.25) is 0 Å². The highest BCUT2D eigenvalue weighted by molar-refractivity contribution is 5.95. The van der Waals surface area contributed by atoms with Gasteiger partial charge in [-0.2, -0.15) is 4.74 Å². The number of ketones is 1. The highest BCUT2D eigenvalue weighted by Gasteiger charge is 2.13. The van der Waals surface area contributed by atoms with Crippen LogP contribution in [0.2, 0.25) is 0 Å². The number of carbonyl (C=O) groups is 1. The van der Waals surface area contributed by atoms with Gasteiger partial charge in [-0.25, -0.2) is 0 Å². The van der Waals surface area contributed by atoms with Crippen LogP contribution in [0, 0.1) is 0 Å². The van der Waals surface area contributed by atoms with Crippen LogP contribution in [0.5, 0.6) is 0 Å². The zero-order chi connectivity index (χ0) is 13.2. The van der Waals surface area contributed by atoms with E-state index in [4.69, 9.17) is 4.52 Å². The van der Waals surface area contributed by atoms with Gasteiger partial charge in [-0.15, -0.1) is 0 Å². The van der Waals surface area contributed by atoms with Gasteiger partial charge in [0.05, 0.1) is 5.39 Å². The van der Waals surface area contributed by atoms with E-state index in [1.807, 2.05) is 6.07 Å². The van der Waals surface area contributed by atoms with Crippen molar-refractivity contribution in [3.8, 4) is 0 Å². The third-order valence-electron chi connectivity index (χ3n) is 2.94. The van der Waals surface area contributed by atoms with Crippen molar-refractivity contribution in [2.45, 2.75) is 6.54 Å². The molecule has 0 amide bonds. The summed E-state index contributed by atoms with van der Waals surface area (Å²) in [4.78, 5) is 24.0. The van der Waals surface area contributed by atoms with E-state index in [0.29, 0.717) is 16.5 Å². The molecule has 0 fully saturated rings. The maximum Gasteiger partial charge on any atom is 0.290 e. The minimum Gasteiger partial charge on any atom is -0.375 e. The molecule has 0 bridgehead atoms. The number of hydrogen-bond acceptors (Lipinski definition) is 3. The van der Waals surface area contributed by atoms with Gasteiger partial charge >= 0.3 is 0 Å². The first kappa shape index (κ1) is 11.5. The fourth-order valence-electron chi connectivity index (χ4n) is 1.97. The molecule has 0 saturated heterocycles. The average molecular weight is 253 g/mol. The first-order valence-electron chi connectivity index (χ1n) is 5.93. The molecular weight excluding hydrogens is 242 g/mol. The third-order valence-corrected chi connectivity index (χ3v) is 2.94. The van der Waals surface area contributed by atoms with Crippen LogP contribution in [0.4, 0.5) is 0 Å². The number of para-hydroxylation sites is 1. The van der Waals surface area contributed by atoms with E-state index in [9.17, 15) is 9.59 Å². The predicted molar refractivity (Wildman–Crippen MR) is 71.2 cm³/mol. The molecule has 0 aliphatic carbocycles. The predicted octanol–water partition coefficient (Wildman–Crippen LogP) is 2.48. The van der Waals surface area contributed by atoms with Crippen molar-refractivity contribution < 1.29 is 9.32 Å². The van der Waals surface area contributed by atoms with E-state index >= 15 is 0 Å². The molecule has 0 spiro atoms. The summed E-state index contributed by atoms with van der Waals surface area (Å²) in [6.45, 7) is -0.0858. The molecule has 19 heavy (non-hydrogen) atoms. The molecule has 2 aromatic carbocycles. The Hall–Kier alpha value is -2.62. The summed E-state index contributed by atoms with van der Waals surface area (Å²) in [5, 5.41) is 0.489. The Balaban J connectivity index is 1.96. The second kappa shape index (κ2) is 4.57. The maximum atomic E-state index is 12.0. The lowest BCUT2D eigenvalue weighted by molar-refractivity contribution is 0.0934. The SMILES string of the molecule is O=C(Cn1oc2ccccc2c1=O)c1ccccc1. The van der Waals surface area contributed by atoms with Gasteiger partial charge in [-0.05, 0) is 12.1 Å². The van der Waals surface area contributed by atoms with Crippen molar-refractivity contribution in [3.05, 3.63) is 70.5 Å². The Morgan fingerprint density at radius 2 is 1.68 bits per heavy atom. The Bertz CT molecular complexity index is 784. The number of aromatic nitrogens is 1. The molecule has 4 heteroatoms. The Morgan fingerprint density at radius 1 is 1.00 bits per heavy atom. The van der Waals surface area contributed by atoms with Crippen LogP contribution in [-0.4, -0.2) is 10.5 Å². The van der Waals surface area contributed by atoms with E-state index in [0.717, 1.165) is 4.74 Å². The number of carbonyl (C=O) groups excluding carboxylic acids is 1. The summed E-state index contributed by atoms with van der Waals surface area (Å²) in [7, 11) is 0. The largest absolute Gasteiger partial charge is 0.375 e. The number of nitrogens with zero attached hydrogens (tertiary/aromatic N) is 1. The molecule has 0 aliphatic heterocycles. The van der Waals surface area contributed by atoms with E-state index in [-0.39, 0.29) is 17.9 Å². The van der Waals surface area contributed by atoms with Crippen LogP contribution in [0.3, 0.4) is 0 Å². The Labute approximate surface area is 108 Å². The van der Waals surface area contributed by atoms with Crippen LogP contribution in [-0.2, 0) is 6.54 Å². The lowest BCUT2D eigenvalue weighted by Gasteiger charge is -1.99. The summed E-state index contributed by atoms with van der Waals surface area (Å²) in [5.74, 6) is -0.151. The molecule has 3 rings (SSSR count). The molecule has 94 valence electrons. The number of rotatable bonds is 3. The highest BCUT2D eigenvalue weighted by Crippen LogP contribution is 2.10. The van der Waals surface area contributed by atoms with Gasteiger partial charge in [0.1, 0.15) is 6.54 Å². The quantitative estimate of drug-likeness (QED) is 0.674. The molecule has 4 nitrogen and oxygen atoms in total. The lowest BCUT2D eigenvalue weighted by Crippen LogP contribution is -2.19. The van der Waals surface area contributed by atoms with Crippen molar-refractivity contribution >= 4 is 16.8 Å². The molecule has 1 aromatic heterocycles. The molecule has 1 heterocycles. The monoisotopic (exact) mass is 253 g/mol. The number of fused-ring (bicyclic) bond motifs is 1. The lowest BCUT2D eigenvalue weighted by atomic mass is 10.1. The smallest absolute Gasteiger partial charge is 0.290 e. The van der Waals surface area contributed by atoms with Gasteiger partial charge in [0.15, 0.2) is 11.4 Å². The van der Waals surface area contributed by atoms with Crippen LogP contribution < -0.4 is 5.56 Å². The van der Waals surface area contributed by atoms with E-state index < -0.39 is 0 Å². The van der Waals surface area contributed by atoms with Gasteiger partial charge in [-0.1, -0.05) is 42.5 Å². The molecule has 0 atom stereocenters. The number of hydrogen-bond donors (Lipinski definition) is 0. The summed E-state index contributed by atoms with van der Waals surface area (Å²) in [6.07, 6.45) is 0. The molecular formula is C15H11NO3. The second-order valence-corrected chi connectivity index (χ2v) is 4.22. The summed E-state index contributed by atoms with van der Waals surface area (Å²) >= 11 is 0. The zero-order valence-corrected chi connectivity index (χ0v) is 10.1. The van der Waals surface area contributed by atoms with Crippen molar-refractivity contribution in [3.63, 3.8) is 0 Å². The van der Waals surface area contributed by atoms with Crippen molar-refractivity contribution in [1.82, 2.24) is 4.74 Å². The summed E-state index contributed by atoms with van der Waals surface area (Å²) < 4.78 is 6.47. The third kappa shape index (κ3) is 2.08. The van der Waals surface area contributed by atoms with E-state index in [1.165, 1.54) is 0 Å². The summed E-state index contributed by atoms with van der Waals surface area (Å²) in [5.41, 5.74) is 0.781. The minimum absolute atomic E-state index is 0.0858. The molecule has 0 saturated carbocycles. The van der Waals surface area contributed by atoms with Crippen LogP contribution in [0.1, 0.15) is 10.4 Å². The minimum atomic E-state index is -0.278. The average Bonchev–Trinajstić information content (AvgIpc) is 2.77. The van der Waals surface area contributed by atoms with Gasteiger partial charge in [0, 0.05) is 5.56 Å². The van der Waals surface area contributed by atoms with E-state index in [2.05, 4.69) is 0 Å². The maximum absolute atomic E-state index is 12.0. The van der Waals surface area contributed by atoms with Crippen LogP contribution in [0.15, 0.2) is 63.9 Å². The van der Waals surface area contributed by atoms with Gasteiger partial charge < -0.3 is 4.52 Å².